The number of hydrogen-bond acceptors (Lipinski definition) is 6. The third kappa shape index (κ3) is 4.55. The summed E-state index contributed by atoms with van der Waals surface area (Å²) in [5.41, 5.74) is 9.43. The van der Waals surface area contributed by atoms with Gasteiger partial charge in [-0.3, -0.25) is 14.0 Å². The van der Waals surface area contributed by atoms with Crippen molar-refractivity contribution in [3.8, 4) is 0 Å². The molecule has 0 fully saturated rings. The molecule has 8 nitrogen and oxygen atoms in total. The Labute approximate surface area is 169 Å². The molecule has 0 bridgehead atoms. The molecule has 0 saturated carbocycles. The van der Waals surface area contributed by atoms with Crippen molar-refractivity contribution in [1.82, 2.24) is 14.7 Å². The molecular weight excluding hydrogens is 370 g/mol. The Morgan fingerprint density at radius 1 is 1.21 bits per heavy atom. The SMILES string of the molecule is CCc1nc2c(C(=O)NCc3cccc(CN)c3)cccn2c1NCC(=O)OC. The van der Waals surface area contributed by atoms with Gasteiger partial charge in [-0.15, -0.1) is 0 Å². The highest BCUT2D eigenvalue weighted by Crippen LogP contribution is 2.21. The summed E-state index contributed by atoms with van der Waals surface area (Å²) >= 11 is 0. The molecule has 29 heavy (non-hydrogen) atoms. The molecule has 0 aliphatic rings. The van der Waals surface area contributed by atoms with Gasteiger partial charge >= 0.3 is 5.97 Å². The van der Waals surface area contributed by atoms with Crippen LogP contribution < -0.4 is 16.4 Å². The molecule has 3 rings (SSSR count). The van der Waals surface area contributed by atoms with Crippen LogP contribution in [0.15, 0.2) is 42.6 Å². The molecule has 0 saturated heterocycles. The van der Waals surface area contributed by atoms with Crippen LogP contribution in [0.1, 0.15) is 34.1 Å². The van der Waals surface area contributed by atoms with Crippen molar-refractivity contribution < 1.29 is 14.3 Å². The normalized spacial score (nSPS) is 10.7. The minimum atomic E-state index is -0.379. The van der Waals surface area contributed by atoms with Crippen molar-refractivity contribution in [3.05, 3.63) is 65.0 Å². The Balaban J connectivity index is 1.84. The van der Waals surface area contributed by atoms with Gasteiger partial charge < -0.3 is 21.1 Å². The maximum Gasteiger partial charge on any atom is 0.325 e. The van der Waals surface area contributed by atoms with Crippen LogP contribution in [-0.4, -0.2) is 34.9 Å². The van der Waals surface area contributed by atoms with Gasteiger partial charge in [0.1, 0.15) is 12.4 Å². The van der Waals surface area contributed by atoms with Crippen LogP contribution in [0.5, 0.6) is 0 Å². The summed E-state index contributed by atoms with van der Waals surface area (Å²) in [4.78, 5) is 28.9. The van der Waals surface area contributed by atoms with Gasteiger partial charge in [0, 0.05) is 19.3 Å². The van der Waals surface area contributed by atoms with E-state index in [1.54, 1.807) is 16.5 Å². The first-order valence-corrected chi connectivity index (χ1v) is 9.44. The van der Waals surface area contributed by atoms with Gasteiger partial charge in [0.2, 0.25) is 0 Å². The van der Waals surface area contributed by atoms with Crippen molar-refractivity contribution in [1.29, 1.82) is 0 Å². The number of imidazole rings is 1. The number of nitrogens with one attached hydrogen (secondary N) is 2. The minimum absolute atomic E-state index is 0.0190. The molecule has 1 aromatic carbocycles. The van der Waals surface area contributed by atoms with E-state index in [2.05, 4.69) is 20.4 Å². The van der Waals surface area contributed by atoms with E-state index in [-0.39, 0.29) is 18.4 Å². The zero-order valence-electron chi connectivity index (χ0n) is 16.6. The molecule has 0 aliphatic heterocycles. The number of amides is 1. The number of benzene rings is 1. The molecule has 0 aliphatic carbocycles. The Bertz CT molecular complexity index is 1030. The lowest BCUT2D eigenvalue weighted by molar-refractivity contribution is -0.138. The monoisotopic (exact) mass is 395 g/mol. The summed E-state index contributed by atoms with van der Waals surface area (Å²) in [6, 6.07) is 11.3. The maximum atomic E-state index is 12.8. The van der Waals surface area contributed by atoms with Gasteiger partial charge in [0.25, 0.3) is 5.91 Å². The molecule has 0 atom stereocenters. The van der Waals surface area contributed by atoms with Gasteiger partial charge in [0.05, 0.1) is 18.4 Å². The van der Waals surface area contributed by atoms with Crippen LogP contribution in [0.25, 0.3) is 5.65 Å². The predicted molar refractivity (Wildman–Crippen MR) is 111 cm³/mol. The summed E-state index contributed by atoms with van der Waals surface area (Å²) in [5, 5.41) is 5.99. The third-order valence-electron chi connectivity index (χ3n) is 4.61. The van der Waals surface area contributed by atoms with Gasteiger partial charge in [-0.05, 0) is 29.7 Å². The average molecular weight is 395 g/mol. The van der Waals surface area contributed by atoms with E-state index in [0.717, 1.165) is 16.8 Å². The van der Waals surface area contributed by atoms with Crippen LogP contribution >= 0.6 is 0 Å². The number of carbonyl (C=O) groups excluding carboxylic acids is 2. The molecule has 4 N–H and O–H groups in total. The summed E-state index contributed by atoms with van der Waals surface area (Å²) < 4.78 is 6.47. The summed E-state index contributed by atoms with van der Waals surface area (Å²) in [6.45, 7) is 2.83. The number of anilines is 1. The first-order chi connectivity index (χ1) is 14.1. The quantitative estimate of drug-likeness (QED) is 0.502. The summed E-state index contributed by atoms with van der Waals surface area (Å²) in [5.74, 6) is 0.0785. The van der Waals surface area contributed by atoms with Crippen LogP contribution in [-0.2, 0) is 29.0 Å². The van der Waals surface area contributed by atoms with Gasteiger partial charge in [-0.2, -0.15) is 0 Å². The zero-order valence-corrected chi connectivity index (χ0v) is 16.6. The number of nitrogens with two attached hydrogens (primary N) is 1. The van der Waals surface area contributed by atoms with Gasteiger partial charge in [-0.25, -0.2) is 4.98 Å². The first kappa shape index (κ1) is 20.3. The molecule has 3 aromatic rings. The number of hydrogen-bond donors (Lipinski definition) is 3. The number of ether oxygens (including phenoxy) is 1. The molecule has 1 amide bonds. The van der Waals surface area contributed by atoms with E-state index in [0.29, 0.717) is 36.5 Å². The van der Waals surface area contributed by atoms with Crippen LogP contribution in [0, 0.1) is 0 Å². The van der Waals surface area contributed by atoms with Crippen molar-refractivity contribution in [2.24, 2.45) is 5.73 Å². The second-order valence-electron chi connectivity index (χ2n) is 6.51. The second kappa shape index (κ2) is 9.20. The number of rotatable bonds is 8. The fourth-order valence-electron chi connectivity index (χ4n) is 3.10. The van der Waals surface area contributed by atoms with Crippen LogP contribution in [0.3, 0.4) is 0 Å². The Kier molecular flexibility index (Phi) is 6.46. The summed E-state index contributed by atoms with van der Waals surface area (Å²) in [7, 11) is 1.34. The van der Waals surface area contributed by atoms with E-state index in [9.17, 15) is 9.59 Å². The minimum Gasteiger partial charge on any atom is -0.468 e. The van der Waals surface area contributed by atoms with E-state index in [1.807, 2.05) is 37.4 Å². The highest BCUT2D eigenvalue weighted by atomic mass is 16.5. The Morgan fingerprint density at radius 2 is 2.00 bits per heavy atom. The lowest BCUT2D eigenvalue weighted by Crippen LogP contribution is -2.23. The number of nitrogens with zero attached hydrogens (tertiary/aromatic N) is 2. The largest absolute Gasteiger partial charge is 0.468 e. The van der Waals surface area contributed by atoms with E-state index in [1.165, 1.54) is 7.11 Å². The molecule has 152 valence electrons. The molecule has 8 heteroatoms. The number of esters is 1. The number of aryl methyl sites for hydroxylation is 1. The predicted octanol–water partition coefficient (Wildman–Crippen LogP) is 1.87. The van der Waals surface area contributed by atoms with E-state index < -0.39 is 0 Å². The maximum absolute atomic E-state index is 12.8. The smallest absolute Gasteiger partial charge is 0.325 e. The fourth-order valence-corrected chi connectivity index (χ4v) is 3.10. The molecule has 2 heterocycles. The van der Waals surface area contributed by atoms with Crippen LogP contribution in [0.2, 0.25) is 0 Å². The molecular formula is C21H25N5O3. The summed E-state index contributed by atoms with van der Waals surface area (Å²) in [6.07, 6.45) is 2.46. The lowest BCUT2D eigenvalue weighted by atomic mass is 10.1. The van der Waals surface area contributed by atoms with E-state index >= 15 is 0 Å². The standard InChI is InChI=1S/C21H25N5O3/c1-3-17-20(23-13-18(27)29-2)26-9-5-8-16(19(26)25-17)21(28)24-12-15-7-4-6-14(10-15)11-22/h4-10,23H,3,11-13,22H2,1-2H3,(H,24,28). The van der Waals surface area contributed by atoms with Crippen molar-refractivity contribution in [2.45, 2.75) is 26.4 Å². The highest BCUT2D eigenvalue weighted by molar-refractivity contribution is 6.00. The number of fused-ring (bicyclic) bond motifs is 1. The lowest BCUT2D eigenvalue weighted by Gasteiger charge is -2.09. The Morgan fingerprint density at radius 3 is 2.72 bits per heavy atom. The Hall–Kier alpha value is -3.39. The number of methoxy groups -OCH3 is 1. The third-order valence-corrected chi connectivity index (χ3v) is 4.61. The van der Waals surface area contributed by atoms with Crippen molar-refractivity contribution >= 4 is 23.3 Å². The van der Waals surface area contributed by atoms with Crippen LogP contribution in [0.4, 0.5) is 5.82 Å². The number of pyridine rings is 1. The molecule has 0 unspecified atom stereocenters. The molecule has 2 aromatic heterocycles. The number of aromatic nitrogens is 2. The topological polar surface area (TPSA) is 111 Å². The van der Waals surface area contributed by atoms with Crippen molar-refractivity contribution in [2.75, 3.05) is 19.0 Å². The zero-order chi connectivity index (χ0) is 20.8. The number of carbonyl (C=O) groups is 2. The second-order valence-corrected chi connectivity index (χ2v) is 6.51. The highest BCUT2D eigenvalue weighted by Gasteiger charge is 2.18. The van der Waals surface area contributed by atoms with Gasteiger partial charge in [-0.1, -0.05) is 31.2 Å². The molecule has 0 spiro atoms. The first-order valence-electron chi connectivity index (χ1n) is 9.44. The van der Waals surface area contributed by atoms with Gasteiger partial charge in [0.15, 0.2) is 5.65 Å². The average Bonchev–Trinajstić information content (AvgIpc) is 3.13. The van der Waals surface area contributed by atoms with E-state index in [4.69, 9.17) is 5.73 Å². The molecule has 0 radical (unpaired) electrons. The fraction of sp³-hybridized carbons (Fsp3) is 0.286. The van der Waals surface area contributed by atoms with Crippen molar-refractivity contribution in [3.63, 3.8) is 0 Å².